The molecule has 4 radical (unpaired) electrons. The van der Waals surface area contributed by atoms with Crippen LogP contribution >= 0.6 is 0 Å². The molecule has 8 atom stereocenters. The van der Waals surface area contributed by atoms with Crippen LogP contribution in [0.25, 0.3) is 41.8 Å². The monoisotopic (exact) mass is 808 g/mol. The van der Waals surface area contributed by atoms with Crippen LogP contribution < -0.4 is 0 Å². The van der Waals surface area contributed by atoms with Gasteiger partial charge in [0.05, 0.1) is 80.3 Å². The predicted molar refractivity (Wildman–Crippen MR) is 193 cm³/mol. The summed E-state index contributed by atoms with van der Waals surface area (Å²) in [5, 5.41) is 27.7. The summed E-state index contributed by atoms with van der Waals surface area (Å²) in [6.07, 6.45) is -2.79. The molecule has 0 aliphatic rings. The van der Waals surface area contributed by atoms with E-state index in [2.05, 4.69) is 67.2 Å². The van der Waals surface area contributed by atoms with Crippen molar-refractivity contribution in [2.45, 2.75) is 61.8 Å². The van der Waals surface area contributed by atoms with E-state index in [1.807, 2.05) is 0 Å². The van der Waals surface area contributed by atoms with Gasteiger partial charge in [-0.1, -0.05) is 36.8 Å². The Labute approximate surface area is 324 Å². The zero-order valence-electron chi connectivity index (χ0n) is 30.1. The van der Waals surface area contributed by atoms with Crippen LogP contribution in [0.2, 0.25) is 5.82 Å². The first-order chi connectivity index (χ1) is 27.4. The maximum atomic E-state index is 14.6. The van der Waals surface area contributed by atoms with Crippen LogP contribution in [0.1, 0.15) is 23.4 Å². The lowest BCUT2D eigenvalue weighted by atomic mass is 9.78. The van der Waals surface area contributed by atoms with E-state index in [0.29, 0.717) is 26.3 Å². The van der Waals surface area contributed by atoms with Gasteiger partial charge in [0.1, 0.15) is 18.0 Å². The summed E-state index contributed by atoms with van der Waals surface area (Å²) in [5.41, 5.74) is 31.6. The number of hydrogen-bond acceptors (Lipinski definition) is 11. The summed E-state index contributed by atoms with van der Waals surface area (Å²) >= 11 is 0. The Morgan fingerprint density at radius 1 is 0.614 bits per heavy atom. The minimum Gasteiger partial charge on any atom is -0.381 e. The highest BCUT2D eigenvalue weighted by Crippen LogP contribution is 2.31. The fraction of sp³-hybridized carbons (Fsp3) is 0.714. The quantitative estimate of drug-likeness (QED) is 0.0239. The first-order valence-electron chi connectivity index (χ1n) is 16.3. The number of ether oxygens (including phenoxy) is 3. The van der Waals surface area contributed by atoms with E-state index in [4.69, 9.17) is 58.5 Å². The molecule has 8 unspecified atom stereocenters. The third-order valence-electron chi connectivity index (χ3n) is 6.47. The van der Waals surface area contributed by atoms with E-state index in [1.54, 1.807) is 5.92 Å². The molecule has 0 saturated carbocycles. The fourth-order valence-electron chi connectivity index (χ4n) is 3.58. The summed E-state index contributed by atoms with van der Waals surface area (Å²) in [5.74, 6) is 0.142. The van der Waals surface area contributed by atoms with Gasteiger partial charge in [-0.15, -0.1) is 29.0 Å². The molecular formula is C28H36B2F6N18O3. The Balaban J connectivity index is 0.00000111. The number of aromatic nitrogens is 6. The van der Waals surface area contributed by atoms with Gasteiger partial charge in [0.2, 0.25) is 0 Å². The molecule has 0 spiro atoms. The third kappa shape index (κ3) is 22.4. The number of nitrogens with zero attached hydrogens (tertiary/aromatic N) is 18. The van der Waals surface area contributed by atoms with E-state index in [9.17, 15) is 26.3 Å². The minimum absolute atomic E-state index is 0.0574. The topological polar surface area (TPSA) is 284 Å². The Kier molecular flexibility index (Phi) is 29.2. The van der Waals surface area contributed by atoms with Gasteiger partial charge in [-0.2, -0.15) is 0 Å². The van der Waals surface area contributed by atoms with Gasteiger partial charge in [-0.05, 0) is 22.1 Å². The molecule has 0 N–H and O–H groups in total. The average Bonchev–Trinajstić information content (AvgIpc) is 3.91. The molecule has 0 aromatic carbocycles. The fourth-order valence-corrected chi connectivity index (χ4v) is 3.58. The Morgan fingerprint density at radius 3 is 1.42 bits per heavy atom. The van der Waals surface area contributed by atoms with Crippen LogP contribution in [0, 0.1) is 24.7 Å². The molecular weight excluding hydrogens is 772 g/mol. The van der Waals surface area contributed by atoms with Crippen molar-refractivity contribution in [3.05, 3.63) is 65.6 Å². The maximum Gasteiger partial charge on any atom is 0.194 e. The van der Waals surface area contributed by atoms with Gasteiger partial charge in [-0.3, -0.25) is 0 Å². The number of halogens is 6. The van der Waals surface area contributed by atoms with Gasteiger partial charge < -0.3 is 14.2 Å². The van der Waals surface area contributed by atoms with Crippen LogP contribution in [0.3, 0.4) is 0 Å². The van der Waals surface area contributed by atoms with Gasteiger partial charge in [0, 0.05) is 63.7 Å². The second-order valence-electron chi connectivity index (χ2n) is 10.4. The van der Waals surface area contributed by atoms with Crippen LogP contribution in [0.4, 0.5) is 26.3 Å². The van der Waals surface area contributed by atoms with Crippen LogP contribution in [-0.4, -0.2) is 142 Å². The molecule has 2 heterocycles. The second kappa shape index (κ2) is 32.5. The minimum atomic E-state index is -2.62. The van der Waals surface area contributed by atoms with Gasteiger partial charge in [0.15, 0.2) is 24.7 Å². The molecule has 2 rings (SSSR count). The molecule has 57 heavy (non-hydrogen) atoms. The molecule has 2 aromatic rings. The van der Waals surface area contributed by atoms with Crippen molar-refractivity contribution in [2.75, 3.05) is 65.8 Å². The zero-order chi connectivity index (χ0) is 42.8. The van der Waals surface area contributed by atoms with Crippen molar-refractivity contribution in [3.8, 4) is 24.7 Å². The first kappa shape index (κ1) is 51.2. The van der Waals surface area contributed by atoms with Crippen molar-refractivity contribution < 1.29 is 40.6 Å². The largest absolute Gasteiger partial charge is 0.381 e. The lowest BCUT2D eigenvalue weighted by molar-refractivity contribution is 0.0763. The molecule has 21 nitrogen and oxygen atoms in total. The first-order valence-corrected chi connectivity index (χ1v) is 16.3. The standard InChI is InChI=1S/C16H22BF3N12O2.C8H6BF3.C4H8N6O/c17-13(11-9-31(29-25-11)3-7-33-5-1-23-27-21)15(19)16(20)14(18)12-10-32(30-26-12)4-8-34-6-2-24-28-22;1-3-5(9)7(11)8(12)6(10)4-2;5-9-7-1-3-11-4-2-8-10-6/h9-10,13-16H,1-8H2;1-2,5-8H;1-4H2. The van der Waals surface area contributed by atoms with Gasteiger partial charge in [0.25, 0.3) is 0 Å². The van der Waals surface area contributed by atoms with Crippen molar-refractivity contribution in [3.63, 3.8) is 0 Å². The number of terminal acetylenes is 2. The molecule has 0 bridgehead atoms. The summed E-state index contributed by atoms with van der Waals surface area (Å²) in [4.78, 5) is 10.2. The highest BCUT2D eigenvalue weighted by Gasteiger charge is 2.37. The number of hydrogen-bond donors (Lipinski definition) is 0. The number of alkyl halides is 6. The van der Waals surface area contributed by atoms with E-state index >= 15 is 0 Å². The van der Waals surface area contributed by atoms with Crippen LogP contribution in [0.5, 0.6) is 0 Å². The summed E-state index contributed by atoms with van der Waals surface area (Å²) < 4.78 is 99.0. The lowest BCUT2D eigenvalue weighted by Crippen LogP contribution is -2.30. The number of azide groups is 4. The molecule has 2 aromatic heterocycles. The lowest BCUT2D eigenvalue weighted by Gasteiger charge is -2.20. The second-order valence-corrected chi connectivity index (χ2v) is 10.4. The third-order valence-corrected chi connectivity index (χ3v) is 6.47. The van der Waals surface area contributed by atoms with Gasteiger partial charge >= 0.3 is 0 Å². The van der Waals surface area contributed by atoms with Gasteiger partial charge in [-0.25, -0.2) is 35.7 Å². The Bertz CT molecular complexity index is 1570. The SMILES string of the molecule is [B]C(C#C)C(F)C(F)C(F)C#C.[B]C(c1cn(CCOCCN=[N+]=[N-])nn1)C(F)C(F)C(F)c1cn(CCOCCN=[N+]=[N-])nn1.[N-]=[N+]=NCCOCCN=[N+]=[N-]. The molecule has 0 fully saturated rings. The Hall–Kier alpha value is -5.77. The smallest absolute Gasteiger partial charge is 0.194 e. The summed E-state index contributed by atoms with van der Waals surface area (Å²) in [7, 11) is 10.7. The molecule has 0 amide bonds. The average molecular weight is 808 g/mol. The highest BCUT2D eigenvalue weighted by atomic mass is 19.2. The summed E-state index contributed by atoms with van der Waals surface area (Å²) in [6.45, 7) is 2.92. The van der Waals surface area contributed by atoms with Crippen molar-refractivity contribution >= 4 is 15.7 Å². The summed E-state index contributed by atoms with van der Waals surface area (Å²) in [6, 6.07) is 0. The molecule has 304 valence electrons. The maximum absolute atomic E-state index is 14.6. The molecule has 0 saturated heterocycles. The van der Waals surface area contributed by atoms with E-state index in [0.717, 1.165) is 6.20 Å². The van der Waals surface area contributed by atoms with E-state index in [1.165, 1.54) is 21.5 Å². The van der Waals surface area contributed by atoms with Crippen LogP contribution in [-0.2, 0) is 27.3 Å². The van der Waals surface area contributed by atoms with E-state index < -0.39 is 54.4 Å². The van der Waals surface area contributed by atoms with Crippen LogP contribution in [0.15, 0.2) is 32.9 Å². The molecule has 0 aliphatic carbocycles. The Morgan fingerprint density at radius 2 is 1.02 bits per heavy atom. The molecule has 29 heteroatoms. The normalized spacial score (nSPS) is 14.4. The zero-order valence-corrected chi connectivity index (χ0v) is 30.1. The van der Waals surface area contributed by atoms with Crippen molar-refractivity contribution in [1.82, 2.24) is 30.0 Å². The van der Waals surface area contributed by atoms with Crippen molar-refractivity contribution in [2.24, 2.45) is 20.5 Å². The van der Waals surface area contributed by atoms with Crippen molar-refractivity contribution in [1.29, 1.82) is 0 Å². The van der Waals surface area contributed by atoms with E-state index in [-0.39, 0.29) is 58.3 Å². The molecule has 0 aliphatic heterocycles. The predicted octanol–water partition coefficient (Wildman–Crippen LogP) is 4.97. The number of rotatable bonds is 26. The highest BCUT2D eigenvalue weighted by molar-refractivity contribution is 6.14.